The molecule has 7 rings (SSSR count). The molecule has 2 aromatic heterocycles. The van der Waals surface area contributed by atoms with Crippen LogP contribution in [0.1, 0.15) is 64.3 Å². The second-order valence-corrected chi connectivity index (χ2v) is 13.2. The number of hydrogen-bond acceptors (Lipinski definition) is 7. The highest BCUT2D eigenvalue weighted by atomic mass is 16.2. The molecule has 0 fully saturated rings. The molecule has 252 valence electrons. The Labute approximate surface area is 292 Å². The molecular formula is C42H42N6O2. The van der Waals surface area contributed by atoms with Crippen molar-refractivity contribution in [1.29, 1.82) is 0 Å². The van der Waals surface area contributed by atoms with E-state index < -0.39 is 23.3 Å². The molecule has 6 N–H and O–H groups in total. The lowest BCUT2D eigenvalue weighted by Gasteiger charge is -2.34. The van der Waals surface area contributed by atoms with Crippen LogP contribution in [0.5, 0.6) is 0 Å². The highest BCUT2D eigenvalue weighted by Crippen LogP contribution is 2.35. The molecule has 4 aromatic carbocycles. The SMILES string of the molecule is NC(CCC1CCCc2cccnc21)[C@@](N)(C(=O)NCc1cccc2ccccc12)C(=O)c1ccc(CNc2ccccn2)c2ccccc12. The molecule has 8 nitrogen and oxygen atoms in total. The first kappa shape index (κ1) is 33.1. The van der Waals surface area contributed by atoms with Crippen LogP contribution in [0.4, 0.5) is 5.82 Å². The maximum atomic E-state index is 14.8. The van der Waals surface area contributed by atoms with Crippen LogP contribution in [-0.4, -0.2) is 33.2 Å². The molecule has 0 saturated carbocycles. The van der Waals surface area contributed by atoms with Gasteiger partial charge in [-0.05, 0) is 88.5 Å². The van der Waals surface area contributed by atoms with Gasteiger partial charge in [0.1, 0.15) is 5.82 Å². The van der Waals surface area contributed by atoms with Gasteiger partial charge in [0.05, 0.1) is 0 Å². The second-order valence-electron chi connectivity index (χ2n) is 13.2. The van der Waals surface area contributed by atoms with Crippen molar-refractivity contribution in [3.8, 4) is 0 Å². The number of rotatable bonds is 12. The maximum absolute atomic E-state index is 14.8. The normalized spacial score (nSPS) is 15.9. The molecule has 2 unspecified atom stereocenters. The fraction of sp³-hybridized carbons (Fsp3) is 0.238. The summed E-state index contributed by atoms with van der Waals surface area (Å²) in [5.74, 6) is -0.142. The van der Waals surface area contributed by atoms with Crippen molar-refractivity contribution in [3.05, 3.63) is 150 Å². The third-order valence-electron chi connectivity index (χ3n) is 10.2. The van der Waals surface area contributed by atoms with Crippen molar-refractivity contribution in [2.24, 2.45) is 11.5 Å². The predicted octanol–water partition coefficient (Wildman–Crippen LogP) is 6.82. The first-order valence-electron chi connectivity index (χ1n) is 17.4. The molecule has 50 heavy (non-hydrogen) atoms. The zero-order valence-corrected chi connectivity index (χ0v) is 28.0. The number of ketones is 1. The van der Waals surface area contributed by atoms with Gasteiger partial charge in [-0.15, -0.1) is 0 Å². The van der Waals surface area contributed by atoms with Crippen LogP contribution in [0.2, 0.25) is 0 Å². The van der Waals surface area contributed by atoms with Crippen LogP contribution >= 0.6 is 0 Å². The number of aryl methyl sites for hydroxylation is 1. The molecule has 1 aliphatic carbocycles. The Morgan fingerprint density at radius 1 is 0.780 bits per heavy atom. The minimum Gasteiger partial charge on any atom is -0.366 e. The predicted molar refractivity (Wildman–Crippen MR) is 200 cm³/mol. The molecule has 3 atom stereocenters. The Bertz CT molecular complexity index is 2150. The topological polar surface area (TPSA) is 136 Å². The van der Waals surface area contributed by atoms with Gasteiger partial charge in [0, 0.05) is 48.7 Å². The van der Waals surface area contributed by atoms with Gasteiger partial charge in [0.15, 0.2) is 11.3 Å². The molecule has 0 saturated heterocycles. The fourth-order valence-electron chi connectivity index (χ4n) is 7.39. The van der Waals surface area contributed by atoms with Crippen LogP contribution in [0.15, 0.2) is 122 Å². The van der Waals surface area contributed by atoms with E-state index in [1.165, 1.54) is 5.56 Å². The van der Waals surface area contributed by atoms with E-state index in [2.05, 4.69) is 21.7 Å². The van der Waals surface area contributed by atoms with E-state index in [9.17, 15) is 9.59 Å². The number of amides is 1. The average Bonchev–Trinajstić information content (AvgIpc) is 3.17. The highest BCUT2D eigenvalue weighted by molar-refractivity contribution is 6.23. The number of benzene rings is 4. The number of nitrogens with one attached hydrogen (secondary N) is 2. The number of nitrogens with two attached hydrogens (primary N) is 2. The third kappa shape index (κ3) is 6.60. The summed E-state index contributed by atoms with van der Waals surface area (Å²) in [6.07, 6.45) is 7.67. The number of hydrogen-bond donors (Lipinski definition) is 4. The van der Waals surface area contributed by atoms with Crippen LogP contribution in [-0.2, 0) is 24.3 Å². The van der Waals surface area contributed by atoms with E-state index in [4.69, 9.17) is 16.5 Å². The molecule has 1 amide bonds. The van der Waals surface area contributed by atoms with E-state index in [1.54, 1.807) is 12.3 Å². The van der Waals surface area contributed by atoms with Crippen molar-refractivity contribution in [2.45, 2.75) is 62.7 Å². The van der Waals surface area contributed by atoms with Crippen LogP contribution < -0.4 is 22.1 Å². The number of anilines is 1. The van der Waals surface area contributed by atoms with E-state index >= 15 is 0 Å². The van der Waals surface area contributed by atoms with Gasteiger partial charge in [0.2, 0.25) is 5.91 Å². The lowest BCUT2D eigenvalue weighted by molar-refractivity contribution is -0.125. The Balaban J connectivity index is 1.20. The highest BCUT2D eigenvalue weighted by Gasteiger charge is 2.48. The van der Waals surface area contributed by atoms with Crippen molar-refractivity contribution in [2.75, 3.05) is 5.32 Å². The van der Waals surface area contributed by atoms with E-state index in [0.717, 1.165) is 58.1 Å². The Morgan fingerprint density at radius 3 is 2.36 bits per heavy atom. The lowest BCUT2D eigenvalue weighted by Crippen LogP contribution is -2.69. The summed E-state index contributed by atoms with van der Waals surface area (Å²) in [5.41, 5.74) is 16.6. The van der Waals surface area contributed by atoms with Crippen molar-refractivity contribution >= 4 is 39.1 Å². The molecule has 0 aliphatic heterocycles. The summed E-state index contributed by atoms with van der Waals surface area (Å²) in [5, 5.41) is 10.1. The molecular weight excluding hydrogens is 621 g/mol. The van der Waals surface area contributed by atoms with Crippen molar-refractivity contribution in [3.63, 3.8) is 0 Å². The summed E-state index contributed by atoms with van der Waals surface area (Å²) in [7, 11) is 0. The number of Topliss-reactive ketones (excluding diaryl/α,β-unsaturated/α-hetero) is 1. The average molecular weight is 663 g/mol. The quantitative estimate of drug-likeness (QED) is 0.0834. The van der Waals surface area contributed by atoms with E-state index in [-0.39, 0.29) is 12.5 Å². The van der Waals surface area contributed by atoms with Crippen LogP contribution in [0.3, 0.4) is 0 Å². The number of carbonyl (C=O) groups is 2. The summed E-state index contributed by atoms with van der Waals surface area (Å²) in [4.78, 5) is 38.3. The Morgan fingerprint density at radius 2 is 1.52 bits per heavy atom. The first-order chi connectivity index (χ1) is 24.4. The molecule has 0 radical (unpaired) electrons. The summed E-state index contributed by atoms with van der Waals surface area (Å²) in [6, 6.07) is 34.2. The fourth-order valence-corrected chi connectivity index (χ4v) is 7.39. The monoisotopic (exact) mass is 662 g/mol. The molecule has 0 bridgehead atoms. The zero-order valence-electron chi connectivity index (χ0n) is 28.0. The number of aromatic nitrogens is 2. The summed E-state index contributed by atoms with van der Waals surface area (Å²) < 4.78 is 0. The third-order valence-corrected chi connectivity index (χ3v) is 10.2. The number of pyridine rings is 2. The van der Waals surface area contributed by atoms with Gasteiger partial charge in [-0.25, -0.2) is 4.98 Å². The number of nitrogens with zero attached hydrogens (tertiary/aromatic N) is 2. The Kier molecular flexibility index (Phi) is 9.65. The van der Waals surface area contributed by atoms with E-state index in [0.29, 0.717) is 30.3 Å². The molecule has 1 aliphatic rings. The zero-order chi connectivity index (χ0) is 34.5. The van der Waals surface area contributed by atoms with Gasteiger partial charge in [-0.3, -0.25) is 14.6 Å². The molecule has 6 aromatic rings. The largest absolute Gasteiger partial charge is 0.366 e. The lowest BCUT2D eigenvalue weighted by atomic mass is 9.76. The molecule has 2 heterocycles. The van der Waals surface area contributed by atoms with Crippen LogP contribution in [0.25, 0.3) is 21.5 Å². The van der Waals surface area contributed by atoms with Gasteiger partial charge in [0.25, 0.3) is 0 Å². The summed E-state index contributed by atoms with van der Waals surface area (Å²) >= 11 is 0. The summed E-state index contributed by atoms with van der Waals surface area (Å²) in [6.45, 7) is 0.708. The second kappa shape index (κ2) is 14.6. The van der Waals surface area contributed by atoms with Crippen molar-refractivity contribution in [1.82, 2.24) is 15.3 Å². The standard InChI is InChI=1S/C42H42N6O2/c43-37(23-21-30-13-8-12-29-15-9-25-46-39(29)30)42(44,41(50)48-27-31-14-7-11-28-10-1-2-16-33(28)31)40(49)36-22-20-32(34-17-3-4-18-35(34)36)26-47-38-19-5-6-24-45-38/h1-7,9-11,14-20,22,24-25,30,37H,8,12-13,21,23,26-27,43-44H2,(H,45,47)(H,48,50)/t30?,37?,42-/m0/s1. The van der Waals surface area contributed by atoms with E-state index in [1.807, 2.05) is 103 Å². The van der Waals surface area contributed by atoms with Gasteiger partial charge >= 0.3 is 0 Å². The minimum atomic E-state index is -2.03. The maximum Gasteiger partial charge on any atom is 0.250 e. The number of fused-ring (bicyclic) bond motifs is 3. The van der Waals surface area contributed by atoms with Crippen LogP contribution in [0, 0.1) is 0 Å². The first-order valence-corrected chi connectivity index (χ1v) is 17.4. The number of carbonyl (C=O) groups excluding carboxylic acids is 2. The van der Waals surface area contributed by atoms with Gasteiger partial charge in [-0.1, -0.05) is 91.0 Å². The van der Waals surface area contributed by atoms with Gasteiger partial charge < -0.3 is 22.1 Å². The van der Waals surface area contributed by atoms with Gasteiger partial charge in [-0.2, -0.15) is 0 Å². The molecule has 0 spiro atoms. The Hall–Kier alpha value is -5.44. The minimum absolute atomic E-state index is 0.191. The molecule has 8 heteroatoms. The van der Waals surface area contributed by atoms with Crippen molar-refractivity contribution < 1.29 is 9.59 Å². The smallest absolute Gasteiger partial charge is 0.250 e.